The number of halogens is 2. The first-order chi connectivity index (χ1) is 7.67. The number of nitrogens with two attached hydrogens (primary N) is 1. The Balaban J connectivity index is 2.45. The first kappa shape index (κ1) is 13.4. The second kappa shape index (κ2) is 6.84. The van der Waals surface area contributed by atoms with E-state index < -0.39 is 0 Å². The average Bonchev–Trinajstić information content (AvgIpc) is 2.29. The summed E-state index contributed by atoms with van der Waals surface area (Å²) in [6.07, 6.45) is 1.03. The molecule has 16 heavy (non-hydrogen) atoms. The van der Waals surface area contributed by atoms with Crippen molar-refractivity contribution in [2.45, 2.75) is 19.9 Å². The van der Waals surface area contributed by atoms with Gasteiger partial charge in [-0.05, 0) is 37.2 Å². The fourth-order valence-corrected chi connectivity index (χ4v) is 1.68. The molecule has 0 heterocycles. The predicted octanol–water partition coefficient (Wildman–Crippen LogP) is 2.55. The Morgan fingerprint density at radius 1 is 1.50 bits per heavy atom. The normalized spacial score (nSPS) is 12.8. The standard InChI is InChI=1S/C12H18ClFN2/c1-2-9(6-15)7-16-8-10-5-11(13)3-4-12(10)14/h3-5,9,16H,2,6-8,15H2,1H3. The maximum absolute atomic E-state index is 13.3. The van der Waals surface area contributed by atoms with Gasteiger partial charge in [-0.2, -0.15) is 0 Å². The van der Waals surface area contributed by atoms with Crippen LogP contribution in [0, 0.1) is 11.7 Å². The maximum Gasteiger partial charge on any atom is 0.127 e. The van der Waals surface area contributed by atoms with Gasteiger partial charge in [0.2, 0.25) is 0 Å². The Labute approximate surface area is 101 Å². The minimum absolute atomic E-state index is 0.224. The topological polar surface area (TPSA) is 38.0 Å². The van der Waals surface area contributed by atoms with Crippen LogP contribution in [0.4, 0.5) is 4.39 Å². The van der Waals surface area contributed by atoms with Gasteiger partial charge in [-0.15, -0.1) is 0 Å². The summed E-state index contributed by atoms with van der Waals surface area (Å²) in [7, 11) is 0. The van der Waals surface area contributed by atoms with Gasteiger partial charge in [-0.1, -0.05) is 24.9 Å². The summed E-state index contributed by atoms with van der Waals surface area (Å²) in [6, 6.07) is 4.59. The number of hydrogen-bond donors (Lipinski definition) is 2. The zero-order chi connectivity index (χ0) is 12.0. The highest BCUT2D eigenvalue weighted by Gasteiger charge is 2.05. The predicted molar refractivity (Wildman–Crippen MR) is 66.0 cm³/mol. The van der Waals surface area contributed by atoms with Crippen LogP contribution in [0.25, 0.3) is 0 Å². The molecule has 0 saturated heterocycles. The Hall–Kier alpha value is -0.640. The number of benzene rings is 1. The van der Waals surface area contributed by atoms with Crippen molar-refractivity contribution in [2.75, 3.05) is 13.1 Å². The Morgan fingerprint density at radius 3 is 2.88 bits per heavy atom. The van der Waals surface area contributed by atoms with Crippen LogP contribution in [0.2, 0.25) is 5.02 Å². The van der Waals surface area contributed by atoms with Gasteiger partial charge in [0, 0.05) is 17.1 Å². The molecule has 3 N–H and O–H groups in total. The zero-order valence-corrected chi connectivity index (χ0v) is 10.2. The highest BCUT2D eigenvalue weighted by molar-refractivity contribution is 6.30. The quantitative estimate of drug-likeness (QED) is 0.807. The van der Waals surface area contributed by atoms with Crippen LogP contribution in [0.5, 0.6) is 0 Å². The van der Waals surface area contributed by atoms with E-state index in [1.54, 1.807) is 12.1 Å². The first-order valence-corrected chi connectivity index (χ1v) is 5.89. The molecule has 1 atom stereocenters. The van der Waals surface area contributed by atoms with E-state index in [0.717, 1.165) is 13.0 Å². The van der Waals surface area contributed by atoms with Crippen molar-refractivity contribution in [2.24, 2.45) is 11.7 Å². The Kier molecular flexibility index (Phi) is 5.74. The van der Waals surface area contributed by atoms with Gasteiger partial charge in [0.15, 0.2) is 0 Å². The van der Waals surface area contributed by atoms with Crippen molar-refractivity contribution < 1.29 is 4.39 Å². The molecule has 0 aliphatic heterocycles. The Bertz CT molecular complexity index is 327. The molecular weight excluding hydrogens is 227 g/mol. The summed E-state index contributed by atoms with van der Waals surface area (Å²) in [4.78, 5) is 0. The monoisotopic (exact) mass is 244 g/mol. The van der Waals surface area contributed by atoms with Crippen LogP contribution in [-0.4, -0.2) is 13.1 Å². The molecule has 0 bridgehead atoms. The lowest BCUT2D eigenvalue weighted by molar-refractivity contribution is 0.466. The average molecular weight is 245 g/mol. The lowest BCUT2D eigenvalue weighted by atomic mass is 10.1. The summed E-state index contributed by atoms with van der Waals surface area (Å²) < 4.78 is 13.3. The fraction of sp³-hybridized carbons (Fsp3) is 0.500. The highest BCUT2D eigenvalue weighted by Crippen LogP contribution is 2.14. The van der Waals surface area contributed by atoms with Gasteiger partial charge in [0.05, 0.1) is 0 Å². The number of rotatable bonds is 6. The van der Waals surface area contributed by atoms with Crippen molar-refractivity contribution >= 4 is 11.6 Å². The summed E-state index contributed by atoms with van der Waals surface area (Å²) >= 11 is 5.80. The van der Waals surface area contributed by atoms with Gasteiger partial charge >= 0.3 is 0 Å². The first-order valence-electron chi connectivity index (χ1n) is 5.52. The van der Waals surface area contributed by atoms with Gasteiger partial charge in [0.25, 0.3) is 0 Å². The second-order valence-electron chi connectivity index (χ2n) is 3.88. The third kappa shape index (κ3) is 4.08. The fourth-order valence-electron chi connectivity index (χ4n) is 1.48. The third-order valence-corrected chi connectivity index (χ3v) is 2.90. The van der Waals surface area contributed by atoms with Crippen molar-refractivity contribution in [1.82, 2.24) is 5.32 Å². The molecular formula is C12H18ClFN2. The van der Waals surface area contributed by atoms with E-state index in [4.69, 9.17) is 17.3 Å². The molecule has 1 aromatic rings. The van der Waals surface area contributed by atoms with Gasteiger partial charge in [-0.3, -0.25) is 0 Å². The van der Waals surface area contributed by atoms with E-state index >= 15 is 0 Å². The Morgan fingerprint density at radius 2 is 2.25 bits per heavy atom. The van der Waals surface area contributed by atoms with Crippen LogP contribution in [0.3, 0.4) is 0 Å². The summed E-state index contributed by atoms with van der Waals surface area (Å²) in [6.45, 7) is 4.04. The smallest absolute Gasteiger partial charge is 0.127 e. The van der Waals surface area contributed by atoms with Crippen LogP contribution >= 0.6 is 11.6 Å². The molecule has 0 aliphatic rings. The summed E-state index contributed by atoms with van der Waals surface area (Å²) in [5.41, 5.74) is 6.18. The van der Waals surface area contributed by atoms with Crippen molar-refractivity contribution in [3.63, 3.8) is 0 Å². The van der Waals surface area contributed by atoms with Crippen LogP contribution in [-0.2, 0) is 6.54 Å². The van der Waals surface area contributed by atoms with Crippen molar-refractivity contribution in [3.05, 3.63) is 34.6 Å². The lowest BCUT2D eigenvalue weighted by Crippen LogP contribution is -2.27. The minimum Gasteiger partial charge on any atom is -0.330 e. The molecule has 0 amide bonds. The molecule has 1 aromatic carbocycles. The van der Waals surface area contributed by atoms with E-state index in [9.17, 15) is 4.39 Å². The molecule has 0 spiro atoms. The lowest BCUT2D eigenvalue weighted by Gasteiger charge is -2.13. The van der Waals surface area contributed by atoms with E-state index in [-0.39, 0.29) is 5.82 Å². The number of hydrogen-bond acceptors (Lipinski definition) is 2. The van der Waals surface area contributed by atoms with Gasteiger partial charge < -0.3 is 11.1 Å². The largest absolute Gasteiger partial charge is 0.330 e. The van der Waals surface area contributed by atoms with Gasteiger partial charge in [-0.25, -0.2) is 4.39 Å². The summed E-state index contributed by atoms with van der Waals surface area (Å²) in [5, 5.41) is 3.75. The van der Waals surface area contributed by atoms with E-state index in [2.05, 4.69) is 12.2 Å². The van der Waals surface area contributed by atoms with Crippen molar-refractivity contribution in [1.29, 1.82) is 0 Å². The molecule has 2 nitrogen and oxygen atoms in total. The van der Waals surface area contributed by atoms with E-state index in [0.29, 0.717) is 29.6 Å². The summed E-state index contributed by atoms with van der Waals surface area (Å²) in [5.74, 6) is 0.222. The molecule has 0 saturated carbocycles. The molecule has 90 valence electrons. The SMILES string of the molecule is CCC(CN)CNCc1cc(Cl)ccc1F. The molecule has 4 heteroatoms. The van der Waals surface area contributed by atoms with E-state index in [1.807, 2.05) is 0 Å². The van der Waals surface area contributed by atoms with Gasteiger partial charge in [0.1, 0.15) is 5.82 Å². The van der Waals surface area contributed by atoms with Crippen LogP contribution < -0.4 is 11.1 Å². The number of nitrogens with one attached hydrogen (secondary N) is 1. The van der Waals surface area contributed by atoms with Crippen LogP contribution in [0.1, 0.15) is 18.9 Å². The zero-order valence-electron chi connectivity index (χ0n) is 9.47. The highest BCUT2D eigenvalue weighted by atomic mass is 35.5. The minimum atomic E-state index is -0.224. The second-order valence-corrected chi connectivity index (χ2v) is 4.31. The maximum atomic E-state index is 13.3. The third-order valence-electron chi connectivity index (χ3n) is 2.67. The molecule has 1 rings (SSSR count). The molecule has 1 unspecified atom stereocenters. The van der Waals surface area contributed by atoms with Crippen LogP contribution in [0.15, 0.2) is 18.2 Å². The van der Waals surface area contributed by atoms with Crippen molar-refractivity contribution in [3.8, 4) is 0 Å². The molecule has 0 radical (unpaired) electrons. The molecule has 0 aromatic heterocycles. The molecule has 0 fully saturated rings. The molecule has 0 aliphatic carbocycles. The van der Waals surface area contributed by atoms with E-state index in [1.165, 1.54) is 6.07 Å².